The number of benzene rings is 3. The maximum atomic E-state index is 14.4. The molecule has 10 heteroatoms. The molecule has 8 nitrogen and oxygen atoms in total. The fourth-order valence-corrected chi connectivity index (χ4v) is 4.30. The molecule has 0 aliphatic carbocycles. The number of rotatable bonds is 10. The molecule has 0 aliphatic rings. The van der Waals surface area contributed by atoms with Gasteiger partial charge in [-0.1, -0.05) is 18.2 Å². The van der Waals surface area contributed by atoms with E-state index in [1.54, 1.807) is 30.3 Å². The number of hydrogen-bond donors (Lipinski definition) is 1. The van der Waals surface area contributed by atoms with Gasteiger partial charge in [-0.3, -0.25) is 9.10 Å². The van der Waals surface area contributed by atoms with Crippen molar-refractivity contribution in [1.29, 1.82) is 0 Å². The van der Waals surface area contributed by atoms with Gasteiger partial charge in [-0.05, 0) is 43.3 Å². The van der Waals surface area contributed by atoms with Crippen molar-refractivity contribution >= 4 is 27.3 Å². The van der Waals surface area contributed by atoms with Gasteiger partial charge in [0, 0.05) is 17.3 Å². The number of nitrogens with one attached hydrogen (secondary N) is 1. The van der Waals surface area contributed by atoms with Crippen LogP contribution in [0.3, 0.4) is 0 Å². The maximum Gasteiger partial charge on any atom is 0.257 e. The number of carbonyl (C=O) groups excluding carboxylic acids is 1. The fraction of sp³-hybridized carbons (Fsp3) is 0.240. The van der Waals surface area contributed by atoms with Crippen LogP contribution in [-0.4, -0.2) is 41.4 Å². The minimum atomic E-state index is -3.94. The van der Waals surface area contributed by atoms with Gasteiger partial charge in [0.1, 0.15) is 11.6 Å². The molecule has 3 aromatic rings. The third-order valence-corrected chi connectivity index (χ3v) is 6.24. The van der Waals surface area contributed by atoms with Crippen molar-refractivity contribution in [1.82, 2.24) is 0 Å². The molecule has 0 unspecified atom stereocenters. The van der Waals surface area contributed by atoms with Crippen LogP contribution in [0.2, 0.25) is 0 Å². The van der Waals surface area contributed by atoms with Crippen molar-refractivity contribution in [2.45, 2.75) is 13.5 Å². The molecular formula is C25H27FN2O6S. The molecule has 0 bridgehead atoms. The lowest BCUT2D eigenvalue weighted by Crippen LogP contribution is -2.32. The maximum absolute atomic E-state index is 14.4. The first-order valence-electron chi connectivity index (χ1n) is 10.7. The Morgan fingerprint density at radius 1 is 1.00 bits per heavy atom. The zero-order chi connectivity index (χ0) is 25.6. The first kappa shape index (κ1) is 25.8. The summed E-state index contributed by atoms with van der Waals surface area (Å²) < 4.78 is 57.1. The third-order valence-electron chi connectivity index (χ3n) is 5.11. The van der Waals surface area contributed by atoms with E-state index in [9.17, 15) is 17.6 Å². The van der Waals surface area contributed by atoms with Gasteiger partial charge in [-0.15, -0.1) is 0 Å². The molecule has 0 fully saturated rings. The zero-order valence-corrected chi connectivity index (χ0v) is 20.7. The van der Waals surface area contributed by atoms with Gasteiger partial charge in [-0.25, -0.2) is 12.8 Å². The monoisotopic (exact) mass is 502 g/mol. The van der Waals surface area contributed by atoms with E-state index in [0.717, 1.165) is 10.6 Å². The predicted octanol–water partition coefficient (Wildman–Crippen LogP) is 4.46. The molecule has 3 aromatic carbocycles. The Hall–Kier alpha value is -3.79. The molecular weight excluding hydrogens is 475 g/mol. The van der Waals surface area contributed by atoms with Gasteiger partial charge in [0.2, 0.25) is 10.0 Å². The summed E-state index contributed by atoms with van der Waals surface area (Å²) in [6.45, 7) is 2.04. The van der Waals surface area contributed by atoms with Crippen LogP contribution in [0.4, 0.5) is 15.8 Å². The number of methoxy groups -OCH3 is 2. The molecule has 0 saturated heterocycles. The SMILES string of the molecule is CCOc1ccc(NC(=O)c2cc(OC)c(OC)cc2N(Cc2ccccc2F)S(C)(=O)=O)cc1. The average molecular weight is 503 g/mol. The van der Waals surface area contributed by atoms with Crippen molar-refractivity contribution in [3.63, 3.8) is 0 Å². The highest BCUT2D eigenvalue weighted by molar-refractivity contribution is 7.92. The summed E-state index contributed by atoms with van der Waals surface area (Å²) in [5.74, 6) is -0.0745. The Kier molecular flexibility index (Phi) is 8.18. The number of carbonyl (C=O) groups is 1. The van der Waals surface area contributed by atoms with Crippen molar-refractivity contribution in [2.75, 3.05) is 36.7 Å². The molecule has 186 valence electrons. The van der Waals surface area contributed by atoms with E-state index in [2.05, 4.69) is 5.32 Å². The second-order valence-corrected chi connectivity index (χ2v) is 9.40. The van der Waals surface area contributed by atoms with Crippen LogP contribution in [0.25, 0.3) is 0 Å². The Bertz CT molecular complexity index is 1300. The first-order chi connectivity index (χ1) is 16.7. The van der Waals surface area contributed by atoms with Crippen molar-refractivity contribution in [2.24, 2.45) is 0 Å². The summed E-state index contributed by atoms with van der Waals surface area (Å²) in [6.07, 6.45) is 0.985. The highest BCUT2D eigenvalue weighted by Crippen LogP contribution is 2.37. The number of sulfonamides is 1. The minimum absolute atomic E-state index is 0.00157. The van der Waals surface area contributed by atoms with Crippen LogP contribution in [-0.2, 0) is 16.6 Å². The normalized spacial score (nSPS) is 11.0. The van der Waals surface area contributed by atoms with Crippen LogP contribution in [0.15, 0.2) is 60.7 Å². The second-order valence-electron chi connectivity index (χ2n) is 7.50. The number of nitrogens with zero attached hydrogens (tertiary/aromatic N) is 1. The van der Waals surface area contributed by atoms with Crippen LogP contribution < -0.4 is 23.8 Å². The molecule has 0 saturated carbocycles. The van der Waals surface area contributed by atoms with E-state index in [0.29, 0.717) is 18.0 Å². The number of ether oxygens (including phenoxy) is 3. The molecule has 0 aliphatic heterocycles. The van der Waals surface area contributed by atoms with E-state index in [-0.39, 0.29) is 34.9 Å². The van der Waals surface area contributed by atoms with Gasteiger partial charge in [0.25, 0.3) is 5.91 Å². The molecule has 1 N–H and O–H groups in total. The third kappa shape index (κ3) is 6.21. The van der Waals surface area contributed by atoms with Gasteiger partial charge in [0.05, 0.1) is 44.9 Å². The lowest BCUT2D eigenvalue weighted by molar-refractivity contribution is 0.102. The van der Waals surface area contributed by atoms with Crippen molar-refractivity contribution in [3.05, 3.63) is 77.6 Å². The van der Waals surface area contributed by atoms with Crippen LogP contribution in [0, 0.1) is 5.82 Å². The number of hydrogen-bond acceptors (Lipinski definition) is 6. The van der Waals surface area contributed by atoms with Crippen LogP contribution in [0.5, 0.6) is 17.2 Å². The molecule has 3 rings (SSSR count). The Balaban J connectivity index is 2.09. The van der Waals surface area contributed by atoms with E-state index < -0.39 is 21.7 Å². The van der Waals surface area contributed by atoms with Crippen molar-refractivity contribution < 1.29 is 31.8 Å². The summed E-state index contributed by atoms with van der Waals surface area (Å²) >= 11 is 0. The smallest absolute Gasteiger partial charge is 0.257 e. The van der Waals surface area contributed by atoms with Crippen LogP contribution in [0.1, 0.15) is 22.8 Å². The standard InChI is InChI=1S/C25H27FN2O6S/c1-5-34-19-12-10-18(11-13-19)27-25(29)20-14-23(32-2)24(33-3)15-22(20)28(35(4,30)31)16-17-8-6-7-9-21(17)26/h6-15H,5,16H2,1-4H3,(H,27,29). The number of anilines is 2. The molecule has 0 aromatic heterocycles. The fourth-order valence-electron chi connectivity index (χ4n) is 3.42. The highest BCUT2D eigenvalue weighted by Gasteiger charge is 2.27. The Morgan fingerprint density at radius 3 is 2.20 bits per heavy atom. The topological polar surface area (TPSA) is 94.2 Å². The molecule has 1 amide bonds. The van der Waals surface area contributed by atoms with Gasteiger partial charge in [-0.2, -0.15) is 0 Å². The molecule has 0 heterocycles. The quantitative estimate of drug-likeness (QED) is 0.440. The summed E-state index contributed by atoms with van der Waals surface area (Å²) in [5, 5.41) is 2.75. The molecule has 0 atom stereocenters. The Morgan fingerprint density at radius 2 is 1.63 bits per heavy atom. The Labute approximate surface area is 204 Å². The lowest BCUT2D eigenvalue weighted by Gasteiger charge is -2.26. The largest absolute Gasteiger partial charge is 0.494 e. The molecule has 0 radical (unpaired) electrons. The van der Waals surface area contributed by atoms with E-state index in [1.165, 1.54) is 44.6 Å². The zero-order valence-electron chi connectivity index (χ0n) is 19.9. The van der Waals surface area contributed by atoms with Gasteiger partial charge < -0.3 is 19.5 Å². The summed E-state index contributed by atoms with van der Waals surface area (Å²) in [7, 11) is -1.15. The number of amides is 1. The summed E-state index contributed by atoms with van der Waals surface area (Å²) in [4.78, 5) is 13.3. The molecule has 35 heavy (non-hydrogen) atoms. The predicted molar refractivity (Wildman–Crippen MR) is 133 cm³/mol. The first-order valence-corrected chi connectivity index (χ1v) is 12.5. The van der Waals surface area contributed by atoms with Crippen molar-refractivity contribution in [3.8, 4) is 17.2 Å². The van der Waals surface area contributed by atoms with E-state index in [4.69, 9.17) is 14.2 Å². The summed E-state index contributed by atoms with van der Waals surface area (Å²) in [6, 6.07) is 15.3. The average Bonchev–Trinajstić information content (AvgIpc) is 2.83. The van der Waals surface area contributed by atoms with Gasteiger partial charge in [0.15, 0.2) is 11.5 Å². The lowest BCUT2D eigenvalue weighted by atomic mass is 10.1. The second kappa shape index (κ2) is 11.1. The number of halogens is 1. The van der Waals surface area contributed by atoms with E-state index >= 15 is 0 Å². The van der Waals surface area contributed by atoms with Gasteiger partial charge >= 0.3 is 0 Å². The highest BCUT2D eigenvalue weighted by atomic mass is 32.2. The minimum Gasteiger partial charge on any atom is -0.494 e. The summed E-state index contributed by atoms with van der Waals surface area (Å²) in [5.41, 5.74) is 0.625. The van der Waals surface area contributed by atoms with E-state index in [1.807, 2.05) is 6.92 Å². The van der Waals surface area contributed by atoms with Crippen LogP contribution >= 0.6 is 0 Å². The molecule has 0 spiro atoms.